The van der Waals surface area contributed by atoms with Crippen LogP contribution in [0.25, 0.3) is 11.0 Å². The first-order chi connectivity index (χ1) is 6.33. The fourth-order valence-electron chi connectivity index (χ4n) is 1.24. The van der Waals surface area contributed by atoms with Crippen LogP contribution in [-0.4, -0.2) is 17.1 Å². The fourth-order valence-corrected chi connectivity index (χ4v) is 1.24. The van der Waals surface area contributed by atoms with Gasteiger partial charge < -0.3 is 10.5 Å². The molecule has 66 valence electrons. The smallest absolute Gasteiger partial charge is 0.169 e. The van der Waals surface area contributed by atoms with Gasteiger partial charge in [-0.15, -0.1) is 0 Å². The van der Waals surface area contributed by atoms with Gasteiger partial charge in [-0.05, 0) is 12.1 Å². The third-order valence-corrected chi connectivity index (χ3v) is 1.83. The Bertz CT molecular complexity index is 442. The summed E-state index contributed by atoms with van der Waals surface area (Å²) in [5, 5.41) is 0. The zero-order valence-corrected chi connectivity index (χ0v) is 7.19. The lowest BCUT2D eigenvalue weighted by Crippen LogP contribution is -1.95. The van der Waals surface area contributed by atoms with E-state index in [9.17, 15) is 0 Å². The molecule has 13 heavy (non-hydrogen) atoms. The maximum Gasteiger partial charge on any atom is 0.169 e. The Morgan fingerprint density at radius 2 is 2.00 bits per heavy atom. The Balaban J connectivity index is 2.84. The fraction of sp³-hybridized carbons (Fsp3) is 0.111. The molecule has 4 nitrogen and oxygen atoms in total. The van der Waals surface area contributed by atoms with Gasteiger partial charge in [0.1, 0.15) is 5.52 Å². The van der Waals surface area contributed by atoms with Gasteiger partial charge in [0.15, 0.2) is 5.75 Å². The Kier molecular flexibility index (Phi) is 1.73. The summed E-state index contributed by atoms with van der Waals surface area (Å²) in [7, 11) is 1.57. The van der Waals surface area contributed by atoms with E-state index in [1.165, 1.54) is 0 Å². The molecule has 0 radical (unpaired) electrons. The maximum absolute atomic E-state index is 5.70. The van der Waals surface area contributed by atoms with Gasteiger partial charge in [0.2, 0.25) is 0 Å². The molecule has 0 fully saturated rings. The van der Waals surface area contributed by atoms with E-state index in [0.717, 1.165) is 5.52 Å². The lowest BCUT2D eigenvalue weighted by Gasteiger charge is -2.05. The minimum atomic E-state index is 0.579. The average Bonchev–Trinajstić information content (AvgIpc) is 2.18. The van der Waals surface area contributed by atoms with E-state index in [4.69, 9.17) is 10.5 Å². The van der Waals surface area contributed by atoms with Crippen molar-refractivity contribution in [3.8, 4) is 5.75 Å². The molecule has 1 aromatic heterocycles. The summed E-state index contributed by atoms with van der Waals surface area (Å²) in [5.74, 6) is 0.589. The van der Waals surface area contributed by atoms with Crippen molar-refractivity contribution in [2.45, 2.75) is 0 Å². The molecule has 0 aliphatic rings. The lowest BCUT2D eigenvalue weighted by molar-refractivity contribution is 0.421. The molecule has 0 unspecified atom stereocenters. The summed E-state index contributed by atoms with van der Waals surface area (Å²) in [4.78, 5) is 8.28. The van der Waals surface area contributed by atoms with Crippen LogP contribution in [-0.2, 0) is 0 Å². The standard InChI is InChI=1S/C9H9N3O/c1-13-9-6(10)2-3-7-8(9)12-5-4-11-7/h2-5H,10H2,1H3. The van der Waals surface area contributed by atoms with Crippen molar-refractivity contribution in [1.82, 2.24) is 9.97 Å². The molecule has 2 rings (SSSR count). The number of nitrogens with two attached hydrogens (primary N) is 1. The molecule has 0 spiro atoms. The quantitative estimate of drug-likeness (QED) is 0.662. The van der Waals surface area contributed by atoms with E-state index in [1.54, 1.807) is 25.6 Å². The van der Waals surface area contributed by atoms with Crippen molar-refractivity contribution >= 4 is 16.7 Å². The molecule has 2 aromatic rings. The van der Waals surface area contributed by atoms with Crippen molar-refractivity contribution in [2.24, 2.45) is 0 Å². The molecule has 0 saturated heterocycles. The number of rotatable bonds is 1. The largest absolute Gasteiger partial charge is 0.492 e. The zero-order valence-electron chi connectivity index (χ0n) is 7.19. The number of nitrogen functional groups attached to an aromatic ring is 1. The number of methoxy groups -OCH3 is 1. The summed E-state index contributed by atoms with van der Waals surface area (Å²) in [6.45, 7) is 0. The third-order valence-electron chi connectivity index (χ3n) is 1.83. The van der Waals surface area contributed by atoms with Gasteiger partial charge in [-0.1, -0.05) is 0 Å². The summed E-state index contributed by atoms with van der Waals surface area (Å²) >= 11 is 0. The maximum atomic E-state index is 5.70. The molecular weight excluding hydrogens is 166 g/mol. The number of benzene rings is 1. The Hall–Kier alpha value is -1.84. The second kappa shape index (κ2) is 2.90. The number of anilines is 1. The number of fused-ring (bicyclic) bond motifs is 1. The van der Waals surface area contributed by atoms with Crippen molar-refractivity contribution in [1.29, 1.82) is 0 Å². The van der Waals surface area contributed by atoms with Gasteiger partial charge >= 0.3 is 0 Å². The van der Waals surface area contributed by atoms with Gasteiger partial charge in [-0.25, -0.2) is 4.98 Å². The highest BCUT2D eigenvalue weighted by molar-refractivity contribution is 5.86. The highest BCUT2D eigenvalue weighted by Crippen LogP contribution is 2.28. The van der Waals surface area contributed by atoms with Crippen LogP contribution < -0.4 is 10.5 Å². The van der Waals surface area contributed by atoms with E-state index in [-0.39, 0.29) is 0 Å². The first-order valence-electron chi connectivity index (χ1n) is 3.86. The molecule has 0 atom stereocenters. The molecule has 0 aliphatic carbocycles. The minimum Gasteiger partial charge on any atom is -0.492 e. The van der Waals surface area contributed by atoms with Gasteiger partial charge in [-0.2, -0.15) is 0 Å². The van der Waals surface area contributed by atoms with Crippen LogP contribution in [0.15, 0.2) is 24.5 Å². The van der Waals surface area contributed by atoms with Crippen molar-refractivity contribution < 1.29 is 4.74 Å². The molecule has 1 aromatic carbocycles. The molecule has 0 amide bonds. The first kappa shape index (κ1) is 7.79. The number of ether oxygens (including phenoxy) is 1. The first-order valence-corrected chi connectivity index (χ1v) is 3.86. The van der Waals surface area contributed by atoms with E-state index >= 15 is 0 Å². The highest BCUT2D eigenvalue weighted by Gasteiger charge is 2.06. The topological polar surface area (TPSA) is 61.0 Å². The molecule has 1 heterocycles. The van der Waals surface area contributed by atoms with Gasteiger partial charge in [0.05, 0.1) is 18.3 Å². The molecule has 0 saturated carbocycles. The highest BCUT2D eigenvalue weighted by atomic mass is 16.5. The average molecular weight is 175 g/mol. The summed E-state index contributed by atoms with van der Waals surface area (Å²) < 4.78 is 5.13. The zero-order chi connectivity index (χ0) is 9.26. The number of aromatic nitrogens is 2. The van der Waals surface area contributed by atoms with Crippen LogP contribution in [0.5, 0.6) is 5.75 Å². The van der Waals surface area contributed by atoms with Crippen molar-refractivity contribution in [2.75, 3.05) is 12.8 Å². The number of nitrogens with zero attached hydrogens (tertiary/aromatic N) is 2. The van der Waals surface area contributed by atoms with Gasteiger partial charge in [-0.3, -0.25) is 4.98 Å². The van der Waals surface area contributed by atoms with Crippen LogP contribution in [0.3, 0.4) is 0 Å². The molecule has 2 N–H and O–H groups in total. The van der Waals surface area contributed by atoms with E-state index in [1.807, 2.05) is 6.07 Å². The Labute approximate surface area is 75.4 Å². The molecule has 0 bridgehead atoms. The number of hydrogen-bond donors (Lipinski definition) is 1. The molecular formula is C9H9N3O. The predicted molar refractivity (Wildman–Crippen MR) is 50.5 cm³/mol. The van der Waals surface area contributed by atoms with Crippen LogP contribution in [0.1, 0.15) is 0 Å². The predicted octanol–water partition coefficient (Wildman–Crippen LogP) is 1.22. The van der Waals surface area contributed by atoms with E-state index < -0.39 is 0 Å². The Morgan fingerprint density at radius 1 is 1.23 bits per heavy atom. The monoisotopic (exact) mass is 175 g/mol. The minimum absolute atomic E-state index is 0.579. The van der Waals surface area contributed by atoms with Crippen LogP contribution in [0.2, 0.25) is 0 Å². The second-order valence-corrected chi connectivity index (χ2v) is 2.61. The van der Waals surface area contributed by atoms with Crippen LogP contribution in [0.4, 0.5) is 5.69 Å². The SMILES string of the molecule is COc1c(N)ccc2nccnc12. The summed E-state index contributed by atoms with van der Waals surface area (Å²) in [5.41, 5.74) is 7.77. The summed E-state index contributed by atoms with van der Waals surface area (Å²) in [6, 6.07) is 3.58. The van der Waals surface area contributed by atoms with Crippen molar-refractivity contribution in [3.05, 3.63) is 24.5 Å². The van der Waals surface area contributed by atoms with Gasteiger partial charge in [0.25, 0.3) is 0 Å². The Morgan fingerprint density at radius 3 is 2.77 bits per heavy atom. The van der Waals surface area contributed by atoms with Crippen LogP contribution >= 0.6 is 0 Å². The number of hydrogen-bond acceptors (Lipinski definition) is 4. The third kappa shape index (κ3) is 1.16. The second-order valence-electron chi connectivity index (χ2n) is 2.61. The van der Waals surface area contributed by atoms with Crippen LogP contribution in [0, 0.1) is 0 Å². The molecule has 0 aliphatic heterocycles. The van der Waals surface area contributed by atoms with E-state index in [0.29, 0.717) is 17.0 Å². The van der Waals surface area contributed by atoms with Crippen molar-refractivity contribution in [3.63, 3.8) is 0 Å². The summed E-state index contributed by atoms with van der Waals surface area (Å²) in [6.07, 6.45) is 3.25. The van der Waals surface area contributed by atoms with Gasteiger partial charge in [0, 0.05) is 12.4 Å². The normalized spacial score (nSPS) is 10.2. The molecule has 4 heteroatoms. The van der Waals surface area contributed by atoms with E-state index in [2.05, 4.69) is 9.97 Å². The lowest BCUT2D eigenvalue weighted by atomic mass is 10.2.